The summed E-state index contributed by atoms with van der Waals surface area (Å²) in [6.07, 6.45) is 0. The molecule has 0 heterocycles. The molecule has 6 heteroatoms. The Morgan fingerprint density at radius 3 is 2.14 bits per heavy atom. The molecule has 0 saturated carbocycles. The lowest BCUT2D eigenvalue weighted by Gasteiger charge is -2.11. The van der Waals surface area contributed by atoms with Gasteiger partial charge in [0.15, 0.2) is 0 Å². The van der Waals surface area contributed by atoms with E-state index >= 15 is 0 Å². The SMILES string of the molecule is CC(C)c1ccc(NC(=O)c2cccc(NS(=O)(=O)c3ccccc3)c2)cc1. The first-order valence-corrected chi connectivity index (χ1v) is 10.4. The maximum atomic E-state index is 12.5. The van der Waals surface area contributed by atoms with Crippen molar-refractivity contribution in [3.8, 4) is 0 Å². The van der Waals surface area contributed by atoms with E-state index in [9.17, 15) is 13.2 Å². The van der Waals surface area contributed by atoms with E-state index in [0.717, 1.165) is 0 Å². The van der Waals surface area contributed by atoms with Crippen LogP contribution in [0.3, 0.4) is 0 Å². The van der Waals surface area contributed by atoms with Crippen LogP contribution in [0.1, 0.15) is 35.7 Å². The summed E-state index contributed by atoms with van der Waals surface area (Å²) in [4.78, 5) is 12.7. The number of nitrogens with one attached hydrogen (secondary N) is 2. The Hall–Kier alpha value is -3.12. The van der Waals surface area contributed by atoms with Crippen molar-refractivity contribution in [3.63, 3.8) is 0 Å². The Balaban J connectivity index is 1.74. The summed E-state index contributed by atoms with van der Waals surface area (Å²) in [6.45, 7) is 4.21. The minimum Gasteiger partial charge on any atom is -0.322 e. The van der Waals surface area contributed by atoms with Crippen LogP contribution in [0, 0.1) is 0 Å². The van der Waals surface area contributed by atoms with E-state index in [-0.39, 0.29) is 10.8 Å². The highest BCUT2D eigenvalue weighted by atomic mass is 32.2. The molecule has 0 radical (unpaired) electrons. The van der Waals surface area contributed by atoms with Crippen molar-refractivity contribution in [2.75, 3.05) is 10.0 Å². The lowest BCUT2D eigenvalue weighted by Crippen LogP contribution is -2.15. The molecule has 0 aliphatic carbocycles. The zero-order valence-electron chi connectivity index (χ0n) is 15.7. The summed E-state index contributed by atoms with van der Waals surface area (Å²) < 4.78 is 27.4. The molecule has 3 aromatic carbocycles. The highest BCUT2D eigenvalue weighted by molar-refractivity contribution is 7.92. The van der Waals surface area contributed by atoms with Gasteiger partial charge in [-0.3, -0.25) is 9.52 Å². The lowest BCUT2D eigenvalue weighted by molar-refractivity contribution is 0.102. The summed E-state index contributed by atoms with van der Waals surface area (Å²) in [5.41, 5.74) is 2.56. The van der Waals surface area contributed by atoms with E-state index in [4.69, 9.17) is 0 Å². The average molecular weight is 394 g/mol. The van der Waals surface area contributed by atoms with Gasteiger partial charge in [0.1, 0.15) is 0 Å². The van der Waals surface area contributed by atoms with Crippen LogP contribution >= 0.6 is 0 Å². The van der Waals surface area contributed by atoms with Gasteiger partial charge in [-0.1, -0.05) is 50.2 Å². The van der Waals surface area contributed by atoms with Gasteiger partial charge in [0, 0.05) is 16.9 Å². The normalized spacial score (nSPS) is 11.2. The molecular formula is C22H22N2O3S. The predicted octanol–water partition coefficient (Wildman–Crippen LogP) is 4.86. The number of sulfonamides is 1. The first-order chi connectivity index (χ1) is 13.3. The zero-order valence-corrected chi connectivity index (χ0v) is 16.5. The molecule has 144 valence electrons. The van der Waals surface area contributed by atoms with Gasteiger partial charge in [-0.2, -0.15) is 0 Å². The molecule has 5 nitrogen and oxygen atoms in total. The van der Waals surface area contributed by atoms with E-state index in [1.807, 2.05) is 24.3 Å². The van der Waals surface area contributed by atoms with Crippen LogP contribution in [0.5, 0.6) is 0 Å². The zero-order chi connectivity index (χ0) is 20.1. The molecular weight excluding hydrogens is 372 g/mol. The molecule has 0 aliphatic rings. The number of benzene rings is 3. The summed E-state index contributed by atoms with van der Waals surface area (Å²) in [5, 5.41) is 2.83. The number of hydrogen-bond donors (Lipinski definition) is 2. The smallest absolute Gasteiger partial charge is 0.261 e. The molecule has 0 bridgehead atoms. The third-order valence-electron chi connectivity index (χ3n) is 4.27. The Morgan fingerprint density at radius 1 is 0.821 bits per heavy atom. The molecule has 0 aliphatic heterocycles. The third-order valence-corrected chi connectivity index (χ3v) is 5.66. The molecule has 0 fully saturated rings. The van der Waals surface area contributed by atoms with Crippen LogP contribution in [-0.2, 0) is 10.0 Å². The van der Waals surface area contributed by atoms with Gasteiger partial charge < -0.3 is 5.32 Å². The van der Waals surface area contributed by atoms with E-state index < -0.39 is 10.0 Å². The van der Waals surface area contributed by atoms with E-state index in [0.29, 0.717) is 22.9 Å². The summed E-state index contributed by atoms with van der Waals surface area (Å²) in [7, 11) is -3.71. The molecule has 3 aromatic rings. The van der Waals surface area contributed by atoms with Crippen molar-refractivity contribution in [2.24, 2.45) is 0 Å². The fraction of sp³-hybridized carbons (Fsp3) is 0.136. The lowest BCUT2D eigenvalue weighted by atomic mass is 10.0. The predicted molar refractivity (Wildman–Crippen MR) is 112 cm³/mol. The Morgan fingerprint density at radius 2 is 1.50 bits per heavy atom. The maximum absolute atomic E-state index is 12.5. The van der Waals surface area contributed by atoms with Crippen molar-refractivity contribution in [1.82, 2.24) is 0 Å². The van der Waals surface area contributed by atoms with Crippen molar-refractivity contribution in [3.05, 3.63) is 90.0 Å². The summed E-state index contributed by atoms with van der Waals surface area (Å²) in [6, 6.07) is 22.1. The van der Waals surface area contributed by atoms with E-state index in [2.05, 4.69) is 23.9 Å². The molecule has 0 saturated heterocycles. The second kappa shape index (κ2) is 8.27. The first-order valence-electron chi connectivity index (χ1n) is 8.94. The van der Waals surface area contributed by atoms with Crippen LogP contribution in [0.2, 0.25) is 0 Å². The number of carbonyl (C=O) groups is 1. The largest absolute Gasteiger partial charge is 0.322 e. The van der Waals surface area contributed by atoms with Crippen molar-refractivity contribution in [1.29, 1.82) is 0 Å². The van der Waals surface area contributed by atoms with Crippen LogP contribution in [0.4, 0.5) is 11.4 Å². The standard InChI is InChI=1S/C22H22N2O3S/c1-16(2)17-11-13-19(14-12-17)23-22(25)18-7-6-8-20(15-18)24-28(26,27)21-9-4-3-5-10-21/h3-16,24H,1-2H3,(H,23,25). The minimum absolute atomic E-state index is 0.162. The van der Waals surface area contributed by atoms with Gasteiger partial charge in [-0.15, -0.1) is 0 Å². The molecule has 0 spiro atoms. The van der Waals surface area contributed by atoms with Crippen molar-refractivity contribution < 1.29 is 13.2 Å². The van der Waals surface area contributed by atoms with Crippen LogP contribution in [-0.4, -0.2) is 14.3 Å². The van der Waals surface area contributed by atoms with Crippen LogP contribution < -0.4 is 10.0 Å². The highest BCUT2D eigenvalue weighted by Gasteiger charge is 2.14. The minimum atomic E-state index is -3.71. The maximum Gasteiger partial charge on any atom is 0.261 e. The highest BCUT2D eigenvalue weighted by Crippen LogP contribution is 2.20. The summed E-state index contributed by atoms with van der Waals surface area (Å²) in [5.74, 6) is 0.108. The van der Waals surface area contributed by atoms with Gasteiger partial charge in [-0.25, -0.2) is 8.42 Å². The molecule has 0 atom stereocenters. The van der Waals surface area contributed by atoms with Crippen molar-refractivity contribution in [2.45, 2.75) is 24.7 Å². The third kappa shape index (κ3) is 4.78. The van der Waals surface area contributed by atoms with Gasteiger partial charge in [-0.05, 0) is 53.9 Å². The van der Waals surface area contributed by atoms with Gasteiger partial charge >= 0.3 is 0 Å². The number of carbonyl (C=O) groups excluding carboxylic acids is 1. The quantitative estimate of drug-likeness (QED) is 0.627. The van der Waals surface area contributed by atoms with E-state index in [1.54, 1.807) is 36.4 Å². The fourth-order valence-corrected chi connectivity index (χ4v) is 3.76. The topological polar surface area (TPSA) is 75.3 Å². The summed E-state index contributed by atoms with van der Waals surface area (Å²) >= 11 is 0. The second-order valence-electron chi connectivity index (χ2n) is 6.73. The van der Waals surface area contributed by atoms with E-state index in [1.165, 1.54) is 23.8 Å². The van der Waals surface area contributed by atoms with Gasteiger partial charge in [0.2, 0.25) is 0 Å². The Bertz CT molecular complexity index is 1060. The number of anilines is 2. The average Bonchev–Trinajstić information content (AvgIpc) is 2.69. The molecule has 0 aromatic heterocycles. The van der Waals surface area contributed by atoms with Gasteiger partial charge in [0.05, 0.1) is 4.90 Å². The first kappa shape index (κ1) is 19.6. The molecule has 0 unspecified atom stereocenters. The monoisotopic (exact) mass is 394 g/mol. The molecule has 3 rings (SSSR count). The second-order valence-corrected chi connectivity index (χ2v) is 8.41. The Labute approximate surface area is 165 Å². The molecule has 1 amide bonds. The van der Waals surface area contributed by atoms with Crippen LogP contribution in [0.15, 0.2) is 83.8 Å². The number of rotatable bonds is 6. The fourth-order valence-electron chi connectivity index (χ4n) is 2.69. The van der Waals surface area contributed by atoms with Crippen molar-refractivity contribution >= 4 is 27.3 Å². The van der Waals surface area contributed by atoms with Crippen LogP contribution in [0.25, 0.3) is 0 Å². The number of amides is 1. The Kier molecular flexibility index (Phi) is 5.80. The van der Waals surface area contributed by atoms with Gasteiger partial charge in [0.25, 0.3) is 15.9 Å². The molecule has 2 N–H and O–H groups in total. The number of hydrogen-bond acceptors (Lipinski definition) is 3. The molecule has 28 heavy (non-hydrogen) atoms.